The van der Waals surface area contributed by atoms with Gasteiger partial charge in [-0.05, 0) is 12.8 Å². The zero-order chi connectivity index (χ0) is 12.8. The second-order valence-electron chi connectivity index (χ2n) is 3.87. The predicted molar refractivity (Wildman–Crippen MR) is 60.6 cm³/mol. The number of hydrogen-bond donors (Lipinski definition) is 1. The fourth-order valence-electron chi connectivity index (χ4n) is 1.59. The molecule has 1 N–H and O–H groups in total. The third kappa shape index (κ3) is 4.09. The van der Waals surface area contributed by atoms with Gasteiger partial charge in [-0.3, -0.25) is 4.79 Å². The van der Waals surface area contributed by atoms with Crippen LogP contribution in [0.5, 0.6) is 0 Å². The normalized spacial score (nSPS) is 12.2. The lowest BCUT2D eigenvalue weighted by Gasteiger charge is -2.15. The van der Waals surface area contributed by atoms with Gasteiger partial charge in [-0.1, -0.05) is 20.3 Å². The number of nitrogens with one attached hydrogen (secondary N) is 1. The van der Waals surface area contributed by atoms with E-state index < -0.39 is 17.8 Å². The van der Waals surface area contributed by atoms with Crippen LogP contribution in [0.3, 0.4) is 0 Å². The van der Waals surface area contributed by atoms with Gasteiger partial charge in [0.25, 0.3) is 5.91 Å². The molecule has 0 aliphatic heterocycles. The molecule has 0 saturated heterocycles. The Morgan fingerprint density at radius 3 is 2.41 bits per heavy atom. The number of halogens is 2. The van der Waals surface area contributed by atoms with Gasteiger partial charge >= 0.3 is 0 Å². The summed E-state index contributed by atoms with van der Waals surface area (Å²) in [4.78, 5) is 14.7. The SMILES string of the molecule is CCCC(CC)NC(=O)c1cc(F)nc(F)c1. The highest BCUT2D eigenvalue weighted by molar-refractivity contribution is 5.94. The molecule has 1 unspecified atom stereocenters. The Labute approximate surface area is 99.2 Å². The average Bonchev–Trinajstić information content (AvgIpc) is 2.27. The maximum atomic E-state index is 12.8. The van der Waals surface area contributed by atoms with Gasteiger partial charge in [-0.2, -0.15) is 13.8 Å². The molecule has 3 nitrogen and oxygen atoms in total. The van der Waals surface area contributed by atoms with E-state index in [9.17, 15) is 13.6 Å². The smallest absolute Gasteiger partial charge is 0.251 e. The van der Waals surface area contributed by atoms with Crippen molar-refractivity contribution in [3.63, 3.8) is 0 Å². The zero-order valence-corrected chi connectivity index (χ0v) is 9.96. The second kappa shape index (κ2) is 6.27. The summed E-state index contributed by atoms with van der Waals surface area (Å²) in [5.74, 6) is -2.44. The molecule has 0 spiro atoms. The lowest BCUT2D eigenvalue weighted by atomic mass is 10.1. The van der Waals surface area contributed by atoms with Crippen molar-refractivity contribution in [1.29, 1.82) is 0 Å². The highest BCUT2D eigenvalue weighted by Crippen LogP contribution is 2.07. The molecule has 0 saturated carbocycles. The van der Waals surface area contributed by atoms with E-state index in [1.165, 1.54) is 0 Å². The predicted octanol–water partition coefficient (Wildman–Crippen LogP) is 2.67. The quantitative estimate of drug-likeness (QED) is 0.806. The molecule has 1 atom stereocenters. The van der Waals surface area contributed by atoms with E-state index >= 15 is 0 Å². The fourth-order valence-corrected chi connectivity index (χ4v) is 1.59. The number of carbonyl (C=O) groups is 1. The first-order valence-corrected chi connectivity index (χ1v) is 5.70. The van der Waals surface area contributed by atoms with Crippen molar-refractivity contribution in [1.82, 2.24) is 10.3 Å². The number of pyridine rings is 1. The first-order chi connectivity index (χ1) is 8.06. The van der Waals surface area contributed by atoms with Crippen molar-refractivity contribution in [2.75, 3.05) is 0 Å². The minimum Gasteiger partial charge on any atom is -0.349 e. The zero-order valence-electron chi connectivity index (χ0n) is 9.96. The van der Waals surface area contributed by atoms with Gasteiger partial charge in [0.2, 0.25) is 11.9 Å². The van der Waals surface area contributed by atoms with Crippen LogP contribution >= 0.6 is 0 Å². The van der Waals surface area contributed by atoms with Crippen molar-refractivity contribution < 1.29 is 13.6 Å². The Bertz CT molecular complexity index is 376. The molecule has 1 amide bonds. The summed E-state index contributed by atoms with van der Waals surface area (Å²) in [7, 11) is 0. The third-order valence-electron chi connectivity index (χ3n) is 2.49. The molecule has 1 rings (SSSR count). The molecular formula is C12H16F2N2O. The van der Waals surface area contributed by atoms with Crippen LogP contribution in [-0.4, -0.2) is 16.9 Å². The summed E-state index contributed by atoms with van der Waals surface area (Å²) in [5, 5.41) is 2.74. The first kappa shape index (κ1) is 13.5. The lowest BCUT2D eigenvalue weighted by molar-refractivity contribution is 0.0932. The summed E-state index contributed by atoms with van der Waals surface area (Å²) in [6.07, 6.45) is 2.58. The maximum Gasteiger partial charge on any atom is 0.251 e. The minimum atomic E-state index is -0.987. The van der Waals surface area contributed by atoms with Gasteiger partial charge in [-0.25, -0.2) is 0 Å². The van der Waals surface area contributed by atoms with Crippen molar-refractivity contribution in [3.8, 4) is 0 Å². The largest absolute Gasteiger partial charge is 0.349 e. The average molecular weight is 242 g/mol. The highest BCUT2D eigenvalue weighted by atomic mass is 19.1. The van der Waals surface area contributed by atoms with Gasteiger partial charge in [0.1, 0.15) is 0 Å². The van der Waals surface area contributed by atoms with E-state index in [1.807, 2.05) is 13.8 Å². The molecule has 1 aromatic heterocycles. The van der Waals surface area contributed by atoms with Gasteiger partial charge in [0.15, 0.2) is 0 Å². The van der Waals surface area contributed by atoms with Crippen LogP contribution in [-0.2, 0) is 0 Å². The highest BCUT2D eigenvalue weighted by Gasteiger charge is 2.13. The Balaban J connectivity index is 2.75. The maximum absolute atomic E-state index is 12.8. The third-order valence-corrected chi connectivity index (χ3v) is 2.49. The van der Waals surface area contributed by atoms with E-state index in [4.69, 9.17) is 0 Å². The second-order valence-corrected chi connectivity index (χ2v) is 3.87. The molecule has 0 aliphatic carbocycles. The lowest BCUT2D eigenvalue weighted by Crippen LogP contribution is -2.34. The Kier molecular flexibility index (Phi) is 5.00. The molecule has 1 aromatic rings. The first-order valence-electron chi connectivity index (χ1n) is 5.70. The van der Waals surface area contributed by atoms with E-state index in [0.29, 0.717) is 0 Å². The Morgan fingerprint density at radius 1 is 1.35 bits per heavy atom. The van der Waals surface area contributed by atoms with Crippen LogP contribution in [0.2, 0.25) is 0 Å². The molecule has 0 aliphatic rings. The van der Waals surface area contributed by atoms with E-state index in [2.05, 4.69) is 10.3 Å². The fraction of sp³-hybridized carbons (Fsp3) is 0.500. The van der Waals surface area contributed by atoms with Gasteiger partial charge in [0.05, 0.1) is 0 Å². The van der Waals surface area contributed by atoms with Gasteiger partial charge in [0, 0.05) is 23.7 Å². The summed E-state index contributed by atoms with van der Waals surface area (Å²) < 4.78 is 25.6. The molecule has 5 heteroatoms. The topological polar surface area (TPSA) is 42.0 Å². The number of carbonyl (C=O) groups excluding carboxylic acids is 1. The standard InChI is InChI=1S/C12H16F2N2O/c1-3-5-9(4-2)15-12(17)8-6-10(13)16-11(14)7-8/h6-7,9H,3-5H2,1-2H3,(H,15,17). The van der Waals surface area contributed by atoms with Gasteiger partial charge < -0.3 is 5.32 Å². The van der Waals surface area contributed by atoms with Crippen molar-refractivity contribution in [2.45, 2.75) is 39.2 Å². The van der Waals surface area contributed by atoms with Crippen LogP contribution in [0.4, 0.5) is 8.78 Å². The van der Waals surface area contributed by atoms with Crippen molar-refractivity contribution in [2.24, 2.45) is 0 Å². The number of amides is 1. The molecule has 17 heavy (non-hydrogen) atoms. The molecule has 94 valence electrons. The van der Waals surface area contributed by atoms with Crippen LogP contribution in [0.15, 0.2) is 12.1 Å². The van der Waals surface area contributed by atoms with Crippen molar-refractivity contribution in [3.05, 3.63) is 29.6 Å². The number of nitrogens with zero attached hydrogens (tertiary/aromatic N) is 1. The van der Waals surface area contributed by atoms with Crippen LogP contribution in [0, 0.1) is 11.9 Å². The molecule has 0 aromatic carbocycles. The van der Waals surface area contributed by atoms with Crippen LogP contribution < -0.4 is 5.32 Å². The van der Waals surface area contributed by atoms with E-state index in [1.54, 1.807) is 0 Å². The Hall–Kier alpha value is -1.52. The van der Waals surface area contributed by atoms with E-state index in [-0.39, 0.29) is 11.6 Å². The molecule has 0 radical (unpaired) electrons. The van der Waals surface area contributed by atoms with E-state index in [0.717, 1.165) is 31.4 Å². The number of hydrogen-bond acceptors (Lipinski definition) is 2. The molecule has 0 bridgehead atoms. The minimum absolute atomic E-state index is 0.0341. The monoisotopic (exact) mass is 242 g/mol. The summed E-state index contributed by atoms with van der Waals surface area (Å²) >= 11 is 0. The molecule has 1 heterocycles. The van der Waals surface area contributed by atoms with Crippen LogP contribution in [0.1, 0.15) is 43.5 Å². The number of rotatable bonds is 5. The summed E-state index contributed by atoms with van der Waals surface area (Å²) in [6, 6.07) is 1.89. The molecule has 0 fully saturated rings. The molecular weight excluding hydrogens is 226 g/mol. The van der Waals surface area contributed by atoms with Crippen LogP contribution in [0.25, 0.3) is 0 Å². The Morgan fingerprint density at radius 2 is 1.94 bits per heavy atom. The number of aromatic nitrogens is 1. The summed E-state index contributed by atoms with van der Waals surface area (Å²) in [5.41, 5.74) is -0.0375. The van der Waals surface area contributed by atoms with Crippen molar-refractivity contribution >= 4 is 5.91 Å². The van der Waals surface area contributed by atoms with Gasteiger partial charge in [-0.15, -0.1) is 0 Å². The summed E-state index contributed by atoms with van der Waals surface area (Å²) in [6.45, 7) is 3.97.